The van der Waals surface area contributed by atoms with E-state index in [1.807, 2.05) is 68.4 Å². The van der Waals surface area contributed by atoms with Crippen molar-refractivity contribution < 1.29 is 9.59 Å². The molecule has 2 amide bonds. The van der Waals surface area contributed by atoms with Crippen molar-refractivity contribution in [3.05, 3.63) is 100 Å². The van der Waals surface area contributed by atoms with Crippen LogP contribution in [0.15, 0.2) is 83.7 Å². The molecular formula is C26H26N4O3. The third-order valence-corrected chi connectivity index (χ3v) is 5.64. The summed E-state index contributed by atoms with van der Waals surface area (Å²) >= 11 is 0. The van der Waals surface area contributed by atoms with Gasteiger partial charge in [0.2, 0.25) is 5.91 Å². The van der Waals surface area contributed by atoms with E-state index in [1.165, 1.54) is 4.57 Å². The lowest BCUT2D eigenvalue weighted by molar-refractivity contribution is -0.116. The average molecular weight is 443 g/mol. The molecule has 0 bridgehead atoms. The molecule has 1 atom stereocenters. The summed E-state index contributed by atoms with van der Waals surface area (Å²) in [5.74, 6) is -0.672. The first-order chi connectivity index (χ1) is 16.0. The maximum Gasteiger partial charge on any atom is 0.329 e. The van der Waals surface area contributed by atoms with Crippen molar-refractivity contribution in [1.29, 1.82) is 0 Å². The van der Waals surface area contributed by atoms with Crippen LogP contribution in [0.2, 0.25) is 0 Å². The smallest absolute Gasteiger partial charge is 0.329 e. The van der Waals surface area contributed by atoms with E-state index in [2.05, 4.69) is 10.6 Å². The molecule has 4 rings (SSSR count). The minimum absolute atomic E-state index is 0.150. The van der Waals surface area contributed by atoms with Gasteiger partial charge in [-0.05, 0) is 43.7 Å². The summed E-state index contributed by atoms with van der Waals surface area (Å²) in [4.78, 5) is 38.6. The Morgan fingerprint density at radius 2 is 1.45 bits per heavy atom. The Morgan fingerprint density at radius 3 is 2.15 bits per heavy atom. The Labute approximate surface area is 191 Å². The number of hydrogen-bond acceptors (Lipinski definition) is 3. The van der Waals surface area contributed by atoms with Crippen LogP contribution in [0.4, 0.5) is 5.69 Å². The van der Waals surface area contributed by atoms with Gasteiger partial charge < -0.3 is 10.6 Å². The van der Waals surface area contributed by atoms with E-state index in [-0.39, 0.29) is 30.1 Å². The number of benzene rings is 3. The molecular weight excluding hydrogens is 416 g/mol. The van der Waals surface area contributed by atoms with E-state index < -0.39 is 0 Å². The Balaban J connectivity index is 1.53. The number of carbonyl (C=O) groups excluding carboxylic acids is 2. The highest BCUT2D eigenvalue weighted by molar-refractivity contribution is 6.04. The van der Waals surface area contributed by atoms with Crippen molar-refractivity contribution in [2.45, 2.75) is 33.0 Å². The van der Waals surface area contributed by atoms with Crippen molar-refractivity contribution >= 4 is 28.5 Å². The zero-order valence-corrected chi connectivity index (χ0v) is 18.6. The van der Waals surface area contributed by atoms with Crippen LogP contribution in [0, 0.1) is 0 Å². The maximum atomic E-state index is 12.9. The number of para-hydroxylation sites is 3. The zero-order valence-electron chi connectivity index (χ0n) is 18.6. The van der Waals surface area contributed by atoms with Crippen LogP contribution in [0.1, 0.15) is 35.8 Å². The lowest BCUT2D eigenvalue weighted by Crippen LogP contribution is -2.30. The summed E-state index contributed by atoms with van der Waals surface area (Å²) in [6, 6.07) is 23.7. The summed E-state index contributed by atoms with van der Waals surface area (Å²) in [7, 11) is 0. The van der Waals surface area contributed by atoms with Crippen molar-refractivity contribution in [1.82, 2.24) is 14.5 Å². The fourth-order valence-corrected chi connectivity index (χ4v) is 3.95. The molecule has 1 heterocycles. The minimum Gasteiger partial charge on any atom is -0.345 e. The van der Waals surface area contributed by atoms with Gasteiger partial charge in [0, 0.05) is 6.54 Å². The summed E-state index contributed by atoms with van der Waals surface area (Å²) in [5, 5.41) is 5.77. The SMILES string of the molecule is CCn1c(=O)n(CC(=O)Nc2ccccc2C(=O)NC(C)c2ccccc2)c2ccccc21. The molecule has 7 heteroatoms. The second kappa shape index (κ2) is 9.56. The second-order valence-corrected chi connectivity index (χ2v) is 7.80. The minimum atomic E-state index is -0.382. The highest BCUT2D eigenvalue weighted by atomic mass is 16.2. The van der Waals surface area contributed by atoms with E-state index in [1.54, 1.807) is 28.8 Å². The van der Waals surface area contributed by atoms with Crippen LogP contribution in [0.5, 0.6) is 0 Å². The fraction of sp³-hybridized carbons (Fsp3) is 0.192. The zero-order chi connectivity index (χ0) is 23.4. The molecule has 1 aromatic heterocycles. The van der Waals surface area contributed by atoms with E-state index in [0.717, 1.165) is 11.1 Å². The van der Waals surface area contributed by atoms with Crippen LogP contribution < -0.4 is 16.3 Å². The Hall–Kier alpha value is -4.13. The van der Waals surface area contributed by atoms with E-state index in [0.29, 0.717) is 23.3 Å². The number of amides is 2. The number of aromatic nitrogens is 2. The molecule has 0 aliphatic heterocycles. The topological polar surface area (TPSA) is 85.1 Å². The molecule has 0 saturated heterocycles. The number of aryl methyl sites for hydroxylation is 1. The van der Waals surface area contributed by atoms with Gasteiger partial charge in [-0.2, -0.15) is 0 Å². The summed E-state index contributed by atoms with van der Waals surface area (Å²) in [5.41, 5.74) is 2.98. The van der Waals surface area contributed by atoms with Crippen molar-refractivity contribution in [3.63, 3.8) is 0 Å². The first-order valence-electron chi connectivity index (χ1n) is 10.9. The molecule has 0 spiro atoms. The fourth-order valence-electron chi connectivity index (χ4n) is 3.95. The molecule has 33 heavy (non-hydrogen) atoms. The molecule has 1 unspecified atom stereocenters. The molecule has 3 aromatic carbocycles. The molecule has 0 saturated carbocycles. The molecule has 0 fully saturated rings. The highest BCUT2D eigenvalue weighted by Crippen LogP contribution is 2.19. The molecule has 168 valence electrons. The van der Waals surface area contributed by atoms with Gasteiger partial charge in [-0.3, -0.25) is 18.7 Å². The van der Waals surface area contributed by atoms with Gasteiger partial charge in [0.25, 0.3) is 5.91 Å². The monoisotopic (exact) mass is 442 g/mol. The predicted molar refractivity (Wildman–Crippen MR) is 129 cm³/mol. The summed E-state index contributed by atoms with van der Waals surface area (Å²) < 4.78 is 3.09. The molecule has 2 N–H and O–H groups in total. The molecule has 0 aliphatic carbocycles. The van der Waals surface area contributed by atoms with Gasteiger partial charge >= 0.3 is 5.69 Å². The third-order valence-electron chi connectivity index (χ3n) is 5.64. The molecule has 4 aromatic rings. The van der Waals surface area contributed by atoms with Gasteiger partial charge in [-0.25, -0.2) is 4.79 Å². The van der Waals surface area contributed by atoms with Crippen LogP contribution in [0.25, 0.3) is 11.0 Å². The van der Waals surface area contributed by atoms with Crippen LogP contribution in [-0.4, -0.2) is 20.9 Å². The number of carbonyl (C=O) groups is 2. The summed E-state index contributed by atoms with van der Waals surface area (Å²) in [6.45, 7) is 4.16. The number of nitrogens with zero attached hydrogens (tertiary/aromatic N) is 2. The van der Waals surface area contributed by atoms with Crippen molar-refractivity contribution in [2.24, 2.45) is 0 Å². The van der Waals surface area contributed by atoms with Crippen molar-refractivity contribution in [3.8, 4) is 0 Å². The first-order valence-corrected chi connectivity index (χ1v) is 10.9. The Kier molecular flexibility index (Phi) is 6.40. The number of rotatable bonds is 7. The van der Waals surface area contributed by atoms with E-state index in [9.17, 15) is 14.4 Å². The average Bonchev–Trinajstić information content (AvgIpc) is 3.10. The first kappa shape index (κ1) is 22.1. The van der Waals surface area contributed by atoms with Gasteiger partial charge in [-0.1, -0.05) is 54.6 Å². The standard InChI is InChI=1S/C26H26N4O3/c1-3-29-22-15-9-10-16-23(22)30(26(29)33)17-24(31)28-21-14-8-7-13-20(21)25(32)27-18(2)19-11-5-4-6-12-19/h4-16,18H,3,17H2,1-2H3,(H,27,32)(H,28,31). The largest absolute Gasteiger partial charge is 0.345 e. The van der Waals surface area contributed by atoms with Gasteiger partial charge in [0.05, 0.1) is 28.3 Å². The number of fused-ring (bicyclic) bond motifs is 1. The molecule has 0 aliphatic rings. The van der Waals surface area contributed by atoms with Crippen LogP contribution in [-0.2, 0) is 17.9 Å². The molecule has 7 nitrogen and oxygen atoms in total. The summed E-state index contributed by atoms with van der Waals surface area (Å²) in [6.07, 6.45) is 0. The number of hydrogen-bond donors (Lipinski definition) is 2. The predicted octanol–water partition coefficient (Wildman–Crippen LogP) is 3.95. The lowest BCUT2D eigenvalue weighted by atomic mass is 10.1. The number of nitrogens with one attached hydrogen (secondary N) is 2. The second-order valence-electron chi connectivity index (χ2n) is 7.80. The number of imidazole rings is 1. The van der Waals surface area contributed by atoms with Gasteiger partial charge in [-0.15, -0.1) is 0 Å². The quantitative estimate of drug-likeness (QED) is 0.454. The maximum absolute atomic E-state index is 12.9. The van der Waals surface area contributed by atoms with E-state index in [4.69, 9.17) is 0 Å². The van der Waals surface area contributed by atoms with Crippen molar-refractivity contribution in [2.75, 3.05) is 5.32 Å². The van der Waals surface area contributed by atoms with Crippen LogP contribution in [0.3, 0.4) is 0 Å². The Bertz CT molecular complexity index is 1350. The third kappa shape index (κ3) is 4.57. The molecule has 0 radical (unpaired) electrons. The lowest BCUT2D eigenvalue weighted by Gasteiger charge is -2.16. The highest BCUT2D eigenvalue weighted by Gasteiger charge is 2.18. The van der Waals surface area contributed by atoms with Gasteiger partial charge in [0.1, 0.15) is 6.54 Å². The van der Waals surface area contributed by atoms with E-state index >= 15 is 0 Å². The van der Waals surface area contributed by atoms with Crippen LogP contribution >= 0.6 is 0 Å². The normalized spacial score (nSPS) is 11.8. The van der Waals surface area contributed by atoms with Gasteiger partial charge in [0.15, 0.2) is 0 Å². The Morgan fingerprint density at radius 1 is 0.848 bits per heavy atom. The number of anilines is 1.